The summed E-state index contributed by atoms with van der Waals surface area (Å²) in [5.74, 6) is 1.45. The Morgan fingerprint density at radius 1 is 1.30 bits per heavy atom. The van der Waals surface area contributed by atoms with Crippen molar-refractivity contribution in [2.24, 2.45) is 14.1 Å². The van der Waals surface area contributed by atoms with E-state index in [1.54, 1.807) is 11.7 Å². The van der Waals surface area contributed by atoms with Gasteiger partial charge in [-0.05, 0) is 22.6 Å². The minimum absolute atomic E-state index is 0.0142. The summed E-state index contributed by atoms with van der Waals surface area (Å²) in [5, 5.41) is 14.8. The van der Waals surface area contributed by atoms with E-state index >= 15 is 0 Å². The maximum Gasteiger partial charge on any atom is 0.221 e. The molecule has 0 spiro atoms. The first-order chi connectivity index (χ1) is 11.1. The molecule has 8 nitrogen and oxygen atoms in total. The number of amides is 1. The van der Waals surface area contributed by atoms with Crippen LogP contribution in [0, 0.1) is 0 Å². The summed E-state index contributed by atoms with van der Waals surface area (Å²) in [6, 6.07) is 7.91. The van der Waals surface area contributed by atoms with E-state index in [-0.39, 0.29) is 5.91 Å². The average molecular weight is 331 g/mol. The monoisotopic (exact) mass is 331 g/mol. The van der Waals surface area contributed by atoms with Crippen molar-refractivity contribution in [3.63, 3.8) is 0 Å². The molecule has 1 aromatic carbocycles. The van der Waals surface area contributed by atoms with Gasteiger partial charge >= 0.3 is 0 Å². The number of imidazole rings is 1. The SMILES string of the molecule is Cn1nnnc1SCCC(=O)NCc1nc2ccccc2n1C. The van der Waals surface area contributed by atoms with E-state index in [1.807, 2.05) is 35.9 Å². The van der Waals surface area contributed by atoms with Gasteiger partial charge in [-0.3, -0.25) is 4.79 Å². The molecule has 0 saturated carbocycles. The van der Waals surface area contributed by atoms with E-state index < -0.39 is 0 Å². The number of hydrogen-bond donors (Lipinski definition) is 1. The lowest BCUT2D eigenvalue weighted by atomic mass is 10.3. The predicted octanol–water partition coefficient (Wildman–Crippen LogP) is 0.895. The quantitative estimate of drug-likeness (QED) is 0.675. The number of para-hydroxylation sites is 2. The lowest BCUT2D eigenvalue weighted by Crippen LogP contribution is -2.24. The van der Waals surface area contributed by atoms with Crippen LogP contribution in [0.25, 0.3) is 11.0 Å². The maximum atomic E-state index is 11.9. The molecule has 0 aliphatic carbocycles. The molecule has 0 aliphatic heterocycles. The van der Waals surface area contributed by atoms with Crippen molar-refractivity contribution in [1.29, 1.82) is 0 Å². The third kappa shape index (κ3) is 3.50. The third-order valence-corrected chi connectivity index (χ3v) is 4.48. The first-order valence-electron chi connectivity index (χ1n) is 7.17. The molecule has 1 N–H and O–H groups in total. The highest BCUT2D eigenvalue weighted by molar-refractivity contribution is 7.99. The van der Waals surface area contributed by atoms with E-state index in [4.69, 9.17) is 0 Å². The number of rotatable bonds is 6. The van der Waals surface area contributed by atoms with Gasteiger partial charge in [-0.1, -0.05) is 23.9 Å². The second kappa shape index (κ2) is 6.78. The number of thioether (sulfide) groups is 1. The Balaban J connectivity index is 1.50. The van der Waals surface area contributed by atoms with Gasteiger partial charge in [0.15, 0.2) is 0 Å². The van der Waals surface area contributed by atoms with Crippen LogP contribution in [0.2, 0.25) is 0 Å². The summed E-state index contributed by atoms with van der Waals surface area (Å²) in [6.45, 7) is 0.417. The fourth-order valence-corrected chi connectivity index (χ4v) is 2.99. The van der Waals surface area contributed by atoms with Crippen LogP contribution < -0.4 is 5.32 Å². The average Bonchev–Trinajstić information content (AvgIpc) is 3.10. The number of aromatic nitrogens is 6. The number of hydrogen-bond acceptors (Lipinski definition) is 6. The molecule has 0 radical (unpaired) electrons. The molecule has 120 valence electrons. The van der Waals surface area contributed by atoms with Crippen molar-refractivity contribution in [3.05, 3.63) is 30.1 Å². The largest absolute Gasteiger partial charge is 0.349 e. The second-order valence-corrected chi connectivity index (χ2v) is 6.10. The fraction of sp³-hybridized carbons (Fsp3) is 0.357. The summed E-state index contributed by atoms with van der Waals surface area (Å²) in [4.78, 5) is 16.5. The summed E-state index contributed by atoms with van der Waals surface area (Å²) < 4.78 is 3.58. The molecule has 0 atom stereocenters. The van der Waals surface area contributed by atoms with Crippen molar-refractivity contribution in [1.82, 2.24) is 35.1 Å². The smallest absolute Gasteiger partial charge is 0.221 e. The van der Waals surface area contributed by atoms with Crippen LogP contribution in [0.4, 0.5) is 0 Å². The molecule has 0 fully saturated rings. The number of nitrogens with zero attached hydrogens (tertiary/aromatic N) is 6. The first kappa shape index (κ1) is 15.5. The van der Waals surface area contributed by atoms with Crippen molar-refractivity contribution in [3.8, 4) is 0 Å². The molecule has 2 aromatic heterocycles. The Bertz CT molecular complexity index is 826. The Labute approximate surface area is 137 Å². The zero-order chi connectivity index (χ0) is 16.2. The lowest BCUT2D eigenvalue weighted by molar-refractivity contribution is -0.120. The van der Waals surface area contributed by atoms with Crippen LogP contribution in [0.5, 0.6) is 0 Å². The molecule has 0 bridgehead atoms. The zero-order valence-electron chi connectivity index (χ0n) is 12.9. The van der Waals surface area contributed by atoms with Crippen molar-refractivity contribution < 1.29 is 4.79 Å². The van der Waals surface area contributed by atoms with Gasteiger partial charge in [-0.25, -0.2) is 9.67 Å². The summed E-state index contributed by atoms with van der Waals surface area (Å²) >= 11 is 1.46. The van der Waals surface area contributed by atoms with Gasteiger partial charge in [0.1, 0.15) is 5.82 Å². The number of carbonyl (C=O) groups is 1. The van der Waals surface area contributed by atoms with E-state index in [0.717, 1.165) is 16.9 Å². The Morgan fingerprint density at radius 3 is 2.87 bits per heavy atom. The van der Waals surface area contributed by atoms with Crippen LogP contribution in [0.3, 0.4) is 0 Å². The number of tetrazole rings is 1. The number of fused-ring (bicyclic) bond motifs is 1. The number of aryl methyl sites for hydroxylation is 2. The molecule has 3 rings (SSSR count). The highest BCUT2D eigenvalue weighted by atomic mass is 32.2. The van der Waals surface area contributed by atoms with Crippen LogP contribution in [-0.2, 0) is 25.4 Å². The molecule has 23 heavy (non-hydrogen) atoms. The molecule has 1 amide bonds. The van der Waals surface area contributed by atoms with Gasteiger partial charge in [-0.2, -0.15) is 0 Å². The Morgan fingerprint density at radius 2 is 2.13 bits per heavy atom. The summed E-state index contributed by atoms with van der Waals surface area (Å²) in [7, 11) is 3.72. The van der Waals surface area contributed by atoms with Crippen LogP contribution >= 0.6 is 11.8 Å². The lowest BCUT2D eigenvalue weighted by Gasteiger charge is -2.05. The summed E-state index contributed by atoms with van der Waals surface area (Å²) in [6.07, 6.45) is 0.404. The van der Waals surface area contributed by atoms with Gasteiger partial charge in [0.25, 0.3) is 0 Å². The summed E-state index contributed by atoms with van der Waals surface area (Å²) in [5.41, 5.74) is 1.99. The molecule has 3 aromatic rings. The highest BCUT2D eigenvalue weighted by Gasteiger charge is 2.09. The minimum Gasteiger partial charge on any atom is -0.349 e. The van der Waals surface area contributed by atoms with Crippen LogP contribution in [0.15, 0.2) is 29.4 Å². The van der Waals surface area contributed by atoms with Gasteiger partial charge in [0.05, 0.1) is 17.6 Å². The van der Waals surface area contributed by atoms with Crippen molar-refractivity contribution >= 4 is 28.7 Å². The fourth-order valence-electron chi connectivity index (χ4n) is 2.20. The Kier molecular flexibility index (Phi) is 4.56. The third-order valence-electron chi connectivity index (χ3n) is 3.46. The van der Waals surface area contributed by atoms with Crippen molar-refractivity contribution in [2.75, 3.05) is 5.75 Å². The molecule has 2 heterocycles. The number of carbonyl (C=O) groups excluding carboxylic acids is 1. The number of nitrogens with one attached hydrogen (secondary N) is 1. The maximum absolute atomic E-state index is 11.9. The molecule has 0 aliphatic rings. The van der Waals surface area contributed by atoms with Gasteiger partial charge in [-0.15, -0.1) is 5.10 Å². The Hall–Kier alpha value is -2.42. The van der Waals surface area contributed by atoms with Gasteiger partial charge in [0, 0.05) is 26.3 Å². The minimum atomic E-state index is -0.0142. The van der Waals surface area contributed by atoms with Crippen molar-refractivity contribution in [2.45, 2.75) is 18.1 Å². The first-order valence-corrected chi connectivity index (χ1v) is 8.16. The van der Waals surface area contributed by atoms with E-state index in [0.29, 0.717) is 23.9 Å². The molecular weight excluding hydrogens is 314 g/mol. The second-order valence-electron chi connectivity index (χ2n) is 5.04. The van der Waals surface area contributed by atoms with Crippen LogP contribution in [0.1, 0.15) is 12.2 Å². The topological polar surface area (TPSA) is 90.5 Å². The molecule has 9 heteroatoms. The highest BCUT2D eigenvalue weighted by Crippen LogP contribution is 2.15. The predicted molar refractivity (Wildman–Crippen MR) is 86.7 cm³/mol. The standard InChI is InChI=1S/C14H17N7OS/c1-20-11-6-4-3-5-10(11)16-12(20)9-15-13(22)7-8-23-14-17-18-19-21(14)2/h3-6H,7-9H2,1-2H3,(H,15,22). The zero-order valence-corrected chi connectivity index (χ0v) is 13.7. The van der Waals surface area contributed by atoms with Gasteiger partial charge < -0.3 is 9.88 Å². The molecule has 0 saturated heterocycles. The molecular formula is C14H17N7OS. The normalized spacial score (nSPS) is 11.0. The van der Waals surface area contributed by atoms with E-state index in [2.05, 4.69) is 25.8 Å². The van der Waals surface area contributed by atoms with E-state index in [9.17, 15) is 4.79 Å². The van der Waals surface area contributed by atoms with Crippen LogP contribution in [-0.4, -0.2) is 41.4 Å². The van der Waals surface area contributed by atoms with Gasteiger partial charge in [0.2, 0.25) is 11.1 Å². The number of benzene rings is 1. The van der Waals surface area contributed by atoms with E-state index in [1.165, 1.54) is 11.8 Å². The molecule has 0 unspecified atom stereocenters.